The van der Waals surface area contributed by atoms with E-state index in [1.807, 2.05) is 70.3 Å². The Morgan fingerprint density at radius 3 is 1.28 bits per heavy atom. The summed E-state index contributed by atoms with van der Waals surface area (Å²) in [6.07, 6.45) is 7.24. The quantitative estimate of drug-likeness (QED) is 0.116. The Hall–Kier alpha value is -6.82. The first-order valence-corrected chi connectivity index (χ1v) is 20.0. The monoisotopic (exact) mass is 770 g/mol. The molecule has 1 aliphatic heterocycles. The van der Waals surface area contributed by atoms with E-state index in [9.17, 15) is 0 Å². The molecule has 12 nitrogen and oxygen atoms in total. The van der Waals surface area contributed by atoms with Gasteiger partial charge < -0.3 is 9.47 Å². The van der Waals surface area contributed by atoms with Gasteiger partial charge >= 0.3 is 0 Å². The fourth-order valence-corrected chi connectivity index (χ4v) is 7.47. The summed E-state index contributed by atoms with van der Waals surface area (Å²) >= 11 is 0. The standard InChI is InChI=1S/C46H46N10O2/c1-33-25-39-31-55-46(36-15-19-44(20-16-36)58-24-8-12-38-10-4-6-22-48-38)28-42(52-55)30-54-34(2)26-40(50-54)32-56-45(27-41(51-56)29-53(33)49-39)35-13-17-43(18-14-35)57-23-7-11-37-9-3-5-21-47-37/h3-6,9-10,13-22,25-28H,7-8,11-12,23-24,29-32H2,1-2H3. The van der Waals surface area contributed by atoms with Crippen LogP contribution in [0.4, 0.5) is 0 Å². The van der Waals surface area contributed by atoms with Crippen molar-refractivity contribution in [3.63, 3.8) is 0 Å². The van der Waals surface area contributed by atoms with Crippen LogP contribution in [0.3, 0.4) is 0 Å². The Kier molecular flexibility index (Phi) is 10.6. The lowest BCUT2D eigenvalue weighted by Gasteiger charge is -2.09. The van der Waals surface area contributed by atoms with Crippen LogP contribution in [0.1, 0.15) is 58.4 Å². The van der Waals surface area contributed by atoms with Gasteiger partial charge in [0.1, 0.15) is 11.5 Å². The molecule has 12 heteroatoms. The summed E-state index contributed by atoms with van der Waals surface area (Å²) in [5.41, 5.74) is 12.1. The van der Waals surface area contributed by atoms with Crippen LogP contribution in [0.5, 0.6) is 11.5 Å². The molecule has 7 heterocycles. The van der Waals surface area contributed by atoms with Gasteiger partial charge in [-0.2, -0.15) is 20.4 Å². The third-order valence-corrected chi connectivity index (χ3v) is 10.4. The van der Waals surface area contributed by atoms with Crippen LogP contribution in [0.2, 0.25) is 0 Å². The van der Waals surface area contributed by atoms with Crippen molar-refractivity contribution in [2.75, 3.05) is 13.2 Å². The van der Waals surface area contributed by atoms with Gasteiger partial charge in [0.15, 0.2) is 0 Å². The molecule has 2 aromatic carbocycles. The Labute approximate surface area is 337 Å². The van der Waals surface area contributed by atoms with E-state index in [-0.39, 0.29) is 0 Å². The summed E-state index contributed by atoms with van der Waals surface area (Å²) in [6.45, 7) is 7.57. The smallest absolute Gasteiger partial charge is 0.119 e. The molecule has 0 atom stereocenters. The summed E-state index contributed by atoms with van der Waals surface area (Å²) in [6, 6.07) is 37.2. The van der Waals surface area contributed by atoms with Crippen LogP contribution < -0.4 is 9.47 Å². The van der Waals surface area contributed by atoms with Crippen molar-refractivity contribution < 1.29 is 9.47 Å². The molecule has 0 fully saturated rings. The van der Waals surface area contributed by atoms with Crippen LogP contribution in [0, 0.1) is 13.8 Å². The maximum atomic E-state index is 6.09. The minimum atomic E-state index is 0.523. The second kappa shape index (κ2) is 16.7. The first kappa shape index (κ1) is 36.8. The van der Waals surface area contributed by atoms with Crippen molar-refractivity contribution in [1.82, 2.24) is 49.1 Å². The van der Waals surface area contributed by atoms with Crippen molar-refractivity contribution in [2.45, 2.75) is 65.7 Å². The van der Waals surface area contributed by atoms with Gasteiger partial charge in [0.25, 0.3) is 0 Å². The number of aromatic nitrogens is 10. The van der Waals surface area contributed by atoms with E-state index in [4.69, 9.17) is 29.9 Å². The number of rotatable bonds is 12. The van der Waals surface area contributed by atoms with Gasteiger partial charge in [-0.15, -0.1) is 0 Å². The number of hydrogen-bond acceptors (Lipinski definition) is 8. The number of benzene rings is 2. The van der Waals surface area contributed by atoms with Gasteiger partial charge in [-0.25, -0.2) is 0 Å². The van der Waals surface area contributed by atoms with E-state index in [0.29, 0.717) is 39.4 Å². The number of nitrogens with zero attached hydrogens (tertiary/aromatic N) is 10. The predicted octanol–water partition coefficient (Wildman–Crippen LogP) is 7.74. The highest BCUT2D eigenvalue weighted by Crippen LogP contribution is 2.28. The van der Waals surface area contributed by atoms with Crippen LogP contribution in [0.15, 0.2) is 122 Å². The molecule has 58 heavy (non-hydrogen) atoms. The fourth-order valence-electron chi connectivity index (χ4n) is 7.47. The molecule has 1 aliphatic rings. The lowest BCUT2D eigenvalue weighted by atomic mass is 10.1. The van der Waals surface area contributed by atoms with Crippen LogP contribution in [-0.2, 0) is 39.0 Å². The number of ether oxygens (including phenoxy) is 2. The van der Waals surface area contributed by atoms with E-state index in [0.717, 1.165) is 105 Å². The highest BCUT2D eigenvalue weighted by molar-refractivity contribution is 5.62. The maximum Gasteiger partial charge on any atom is 0.119 e. The van der Waals surface area contributed by atoms with E-state index in [2.05, 4.69) is 93.8 Å². The van der Waals surface area contributed by atoms with Crippen LogP contribution in [-0.4, -0.2) is 62.3 Å². The zero-order chi connectivity index (χ0) is 39.3. The molecule has 8 bridgehead atoms. The first-order chi connectivity index (χ1) is 28.5. The fraction of sp³-hybridized carbons (Fsp3) is 0.261. The van der Waals surface area contributed by atoms with E-state index >= 15 is 0 Å². The van der Waals surface area contributed by atoms with Crippen LogP contribution >= 0.6 is 0 Å². The zero-order valence-corrected chi connectivity index (χ0v) is 32.9. The van der Waals surface area contributed by atoms with Gasteiger partial charge in [0, 0.05) is 46.3 Å². The minimum Gasteiger partial charge on any atom is -0.494 e. The van der Waals surface area contributed by atoms with Gasteiger partial charge in [-0.1, -0.05) is 12.1 Å². The van der Waals surface area contributed by atoms with Crippen molar-refractivity contribution in [1.29, 1.82) is 0 Å². The largest absolute Gasteiger partial charge is 0.494 e. The maximum absolute atomic E-state index is 6.09. The van der Waals surface area contributed by atoms with Crippen molar-refractivity contribution in [3.8, 4) is 34.0 Å². The Bertz CT molecular complexity index is 2410. The zero-order valence-electron chi connectivity index (χ0n) is 32.9. The summed E-state index contributed by atoms with van der Waals surface area (Å²) in [5, 5.41) is 20.3. The SMILES string of the molecule is Cc1cc2nn1Cc1cc(-c3ccc(OCCCc4ccccn4)cc3)n(n1)Cc1cc(C)n(n1)Cc1cc(-c3ccc(OCCCc4ccccn4)cc3)n(n1)C2. The average molecular weight is 771 g/mol. The van der Waals surface area contributed by atoms with E-state index in [1.54, 1.807) is 0 Å². The average Bonchev–Trinajstić information content (AvgIpc) is 4.02. The number of pyridine rings is 2. The van der Waals surface area contributed by atoms with Crippen molar-refractivity contribution in [3.05, 3.63) is 167 Å². The number of aryl methyl sites for hydroxylation is 4. The molecule has 9 rings (SSSR count). The number of hydrogen-bond donors (Lipinski definition) is 0. The van der Waals surface area contributed by atoms with Gasteiger partial charge in [-0.3, -0.25) is 28.7 Å². The molecule has 0 spiro atoms. The molecular formula is C46H46N10O2. The molecule has 0 radical (unpaired) electrons. The molecule has 0 unspecified atom stereocenters. The minimum absolute atomic E-state index is 0.523. The third kappa shape index (κ3) is 8.61. The van der Waals surface area contributed by atoms with Gasteiger partial charge in [0.05, 0.1) is 73.6 Å². The highest BCUT2D eigenvalue weighted by Gasteiger charge is 2.19. The molecule has 0 N–H and O–H groups in total. The Morgan fingerprint density at radius 1 is 0.466 bits per heavy atom. The molecule has 8 aromatic rings. The second-order valence-corrected chi connectivity index (χ2v) is 14.8. The predicted molar refractivity (Wildman–Crippen MR) is 222 cm³/mol. The summed E-state index contributed by atoms with van der Waals surface area (Å²) in [7, 11) is 0. The third-order valence-electron chi connectivity index (χ3n) is 10.4. The normalized spacial score (nSPS) is 12.4. The van der Waals surface area contributed by atoms with Crippen molar-refractivity contribution >= 4 is 0 Å². The van der Waals surface area contributed by atoms with Gasteiger partial charge in [0.2, 0.25) is 0 Å². The van der Waals surface area contributed by atoms with Crippen LogP contribution in [0.25, 0.3) is 22.5 Å². The Morgan fingerprint density at radius 2 is 0.862 bits per heavy atom. The second-order valence-electron chi connectivity index (χ2n) is 14.8. The topological polar surface area (TPSA) is 116 Å². The van der Waals surface area contributed by atoms with E-state index < -0.39 is 0 Å². The molecule has 0 amide bonds. The summed E-state index contributed by atoms with van der Waals surface area (Å²) < 4.78 is 20.3. The van der Waals surface area contributed by atoms with Gasteiger partial charge in [-0.05, 0) is 137 Å². The molecule has 6 aromatic heterocycles. The summed E-state index contributed by atoms with van der Waals surface area (Å²) in [4.78, 5) is 8.83. The lowest BCUT2D eigenvalue weighted by Crippen LogP contribution is -2.11. The Balaban J connectivity index is 0.934. The lowest BCUT2D eigenvalue weighted by molar-refractivity contribution is 0.310. The van der Waals surface area contributed by atoms with E-state index in [1.165, 1.54) is 0 Å². The molecule has 0 saturated heterocycles. The highest BCUT2D eigenvalue weighted by atomic mass is 16.5. The molecular weight excluding hydrogens is 725 g/mol. The molecule has 0 aliphatic carbocycles. The van der Waals surface area contributed by atoms with Crippen molar-refractivity contribution in [2.24, 2.45) is 0 Å². The first-order valence-electron chi connectivity index (χ1n) is 20.0. The molecule has 0 saturated carbocycles. The number of fused-ring (bicyclic) bond motifs is 8. The molecule has 292 valence electrons. The summed E-state index contributed by atoms with van der Waals surface area (Å²) in [5.74, 6) is 1.69.